The van der Waals surface area contributed by atoms with E-state index in [2.05, 4.69) is 115 Å². The summed E-state index contributed by atoms with van der Waals surface area (Å²) in [6.07, 6.45) is 7.13. The van der Waals surface area contributed by atoms with Crippen molar-refractivity contribution in [3.05, 3.63) is 183 Å². The number of aromatic nitrogens is 10. The van der Waals surface area contributed by atoms with Crippen LogP contribution in [-0.4, -0.2) is 49.8 Å². The van der Waals surface area contributed by atoms with Crippen molar-refractivity contribution in [3.63, 3.8) is 0 Å². The Morgan fingerprint density at radius 2 is 0.583 bits per heavy atom. The lowest BCUT2D eigenvalue weighted by atomic mass is 10.0. The Labute approximate surface area is 343 Å². The summed E-state index contributed by atoms with van der Waals surface area (Å²) in [5.41, 5.74) is 16.0. The number of nitrogens with zero attached hydrogens (tertiary/aromatic N) is 8. The van der Waals surface area contributed by atoms with Crippen molar-refractivity contribution >= 4 is 22.1 Å². The van der Waals surface area contributed by atoms with Gasteiger partial charge >= 0.3 is 0 Å². The molecule has 0 saturated carbocycles. The molecule has 0 unspecified atom stereocenters. The molecule has 0 aliphatic carbocycles. The van der Waals surface area contributed by atoms with E-state index in [9.17, 15) is 0 Å². The molecule has 0 spiro atoms. The summed E-state index contributed by atoms with van der Waals surface area (Å²) >= 11 is 0. The molecular formula is C50H32N10. The third-order valence-corrected chi connectivity index (χ3v) is 10.4. The van der Waals surface area contributed by atoms with E-state index in [1.54, 1.807) is 24.8 Å². The van der Waals surface area contributed by atoms with Crippen LogP contribution in [0.2, 0.25) is 0 Å². The monoisotopic (exact) mass is 772 g/mol. The summed E-state index contributed by atoms with van der Waals surface area (Å²) in [4.78, 5) is 45.1. The van der Waals surface area contributed by atoms with Gasteiger partial charge in [-0.05, 0) is 107 Å². The first-order valence-corrected chi connectivity index (χ1v) is 19.5. The molecule has 10 heteroatoms. The number of hydrogen-bond acceptors (Lipinski definition) is 8. The molecule has 2 N–H and O–H groups in total. The second-order valence-electron chi connectivity index (χ2n) is 14.3. The highest BCUT2D eigenvalue weighted by Crippen LogP contribution is 2.33. The third kappa shape index (κ3) is 6.73. The van der Waals surface area contributed by atoms with Gasteiger partial charge in [0.1, 0.15) is 11.6 Å². The van der Waals surface area contributed by atoms with Crippen LogP contribution in [0.1, 0.15) is 0 Å². The third-order valence-electron chi connectivity index (χ3n) is 10.4. The number of benzene rings is 3. The van der Waals surface area contributed by atoms with Crippen LogP contribution < -0.4 is 0 Å². The number of hydrogen-bond donors (Lipinski definition) is 2. The Morgan fingerprint density at radius 1 is 0.267 bits per heavy atom. The number of fused-ring (bicyclic) bond motifs is 2. The zero-order valence-corrected chi connectivity index (χ0v) is 31.9. The van der Waals surface area contributed by atoms with Gasteiger partial charge in [0.05, 0.1) is 67.6 Å². The lowest BCUT2D eigenvalue weighted by Gasteiger charge is -2.10. The van der Waals surface area contributed by atoms with Crippen LogP contribution >= 0.6 is 0 Å². The molecule has 0 aliphatic rings. The average Bonchev–Trinajstić information content (AvgIpc) is 3.95. The van der Waals surface area contributed by atoms with Crippen molar-refractivity contribution < 1.29 is 0 Å². The summed E-state index contributed by atoms with van der Waals surface area (Å²) < 4.78 is 0. The maximum absolute atomic E-state index is 4.98. The maximum Gasteiger partial charge on any atom is 0.138 e. The minimum atomic E-state index is 0.784. The average molecular weight is 773 g/mol. The van der Waals surface area contributed by atoms with Crippen LogP contribution in [-0.2, 0) is 0 Å². The summed E-state index contributed by atoms with van der Waals surface area (Å²) in [6.45, 7) is 0. The van der Waals surface area contributed by atoms with Crippen molar-refractivity contribution in [2.45, 2.75) is 0 Å². The number of pyridine rings is 6. The zero-order valence-electron chi connectivity index (χ0n) is 31.9. The molecule has 0 bridgehead atoms. The minimum absolute atomic E-state index is 0.784. The van der Waals surface area contributed by atoms with Crippen LogP contribution in [0.5, 0.6) is 0 Å². The van der Waals surface area contributed by atoms with Crippen molar-refractivity contribution in [1.29, 1.82) is 0 Å². The van der Waals surface area contributed by atoms with Crippen molar-refractivity contribution in [1.82, 2.24) is 49.8 Å². The molecule has 11 aromatic rings. The highest BCUT2D eigenvalue weighted by Gasteiger charge is 2.15. The van der Waals surface area contributed by atoms with E-state index in [0.29, 0.717) is 0 Å². The van der Waals surface area contributed by atoms with Crippen molar-refractivity contribution in [2.75, 3.05) is 0 Å². The molecule has 0 fully saturated rings. The standard InChI is InChI=1S/C50H32N10/c1-5-21-51-37(9-1)41-25-35(26-42(55-41)38-10-2-6-22-52-38)31-13-17-33(18-14-31)49-57-45-29-47-48(30-46(45)58-49)60-50(59-47)34-19-15-32(16-20-34)36-27-43(39-11-3-7-23-53-39)56-44(28-36)40-12-4-8-24-54-40/h1-30H,(H,57,58)(H,59,60). The Bertz CT molecular complexity index is 2890. The van der Waals surface area contributed by atoms with Gasteiger partial charge in [-0.25, -0.2) is 19.9 Å². The summed E-state index contributed by atoms with van der Waals surface area (Å²) in [5, 5.41) is 0. The SMILES string of the molecule is c1ccc(-c2cc(-c3ccc(-c4nc5cc6[nH]c(-c7ccc(-c8cc(-c9ccccn9)nc(-c9ccccn9)c8)cc7)nc6cc5[nH]4)cc3)cc(-c3ccccn3)n2)nc1. The number of H-pyrrole nitrogens is 2. The first-order valence-electron chi connectivity index (χ1n) is 19.5. The predicted molar refractivity (Wildman–Crippen MR) is 236 cm³/mol. The van der Waals surface area contributed by atoms with Gasteiger partial charge in [-0.3, -0.25) is 19.9 Å². The highest BCUT2D eigenvalue weighted by molar-refractivity contribution is 5.94. The van der Waals surface area contributed by atoms with E-state index in [-0.39, 0.29) is 0 Å². The van der Waals surface area contributed by atoms with Crippen LogP contribution in [0.25, 0.3) is 113 Å². The number of rotatable bonds is 8. The second kappa shape index (κ2) is 14.8. The van der Waals surface area contributed by atoms with E-state index in [4.69, 9.17) is 19.9 Å². The molecule has 8 heterocycles. The van der Waals surface area contributed by atoms with E-state index in [1.165, 1.54) is 0 Å². The van der Waals surface area contributed by atoms with Gasteiger partial charge in [0.25, 0.3) is 0 Å². The lowest BCUT2D eigenvalue weighted by Crippen LogP contribution is -1.94. The topological polar surface area (TPSA) is 135 Å². The summed E-state index contributed by atoms with van der Waals surface area (Å²) in [5.74, 6) is 1.57. The molecule has 0 amide bonds. The smallest absolute Gasteiger partial charge is 0.138 e. The Kier molecular flexibility index (Phi) is 8.55. The van der Waals surface area contributed by atoms with Crippen LogP contribution in [0.3, 0.4) is 0 Å². The molecule has 11 rings (SSSR count). The van der Waals surface area contributed by atoms with E-state index in [1.807, 2.05) is 72.8 Å². The normalized spacial score (nSPS) is 11.3. The molecule has 8 aromatic heterocycles. The maximum atomic E-state index is 4.98. The van der Waals surface area contributed by atoms with Crippen molar-refractivity contribution in [2.24, 2.45) is 0 Å². The molecule has 0 aliphatic heterocycles. The molecule has 0 saturated heterocycles. The van der Waals surface area contributed by atoms with Gasteiger partial charge in [-0.2, -0.15) is 0 Å². The fourth-order valence-corrected chi connectivity index (χ4v) is 7.40. The number of imidazole rings is 2. The van der Waals surface area contributed by atoms with Crippen LogP contribution in [0.4, 0.5) is 0 Å². The van der Waals surface area contributed by atoms with Gasteiger partial charge in [0.2, 0.25) is 0 Å². The number of aromatic amines is 2. The molecule has 10 nitrogen and oxygen atoms in total. The number of nitrogens with one attached hydrogen (secondary N) is 2. The Hall–Kier alpha value is -8.50. The van der Waals surface area contributed by atoms with Crippen molar-refractivity contribution in [3.8, 4) is 90.6 Å². The molecule has 3 aromatic carbocycles. The first kappa shape index (κ1) is 34.7. The Morgan fingerprint density at radius 3 is 0.883 bits per heavy atom. The highest BCUT2D eigenvalue weighted by atomic mass is 15.0. The van der Waals surface area contributed by atoms with E-state index in [0.717, 1.165) is 113 Å². The van der Waals surface area contributed by atoms with E-state index >= 15 is 0 Å². The second-order valence-corrected chi connectivity index (χ2v) is 14.3. The van der Waals surface area contributed by atoms with Crippen LogP contribution in [0, 0.1) is 0 Å². The zero-order chi connectivity index (χ0) is 39.8. The van der Waals surface area contributed by atoms with E-state index < -0.39 is 0 Å². The van der Waals surface area contributed by atoms with Gasteiger partial charge in [-0.1, -0.05) is 72.8 Å². The van der Waals surface area contributed by atoms with Gasteiger partial charge in [0.15, 0.2) is 0 Å². The van der Waals surface area contributed by atoms with Gasteiger partial charge in [-0.15, -0.1) is 0 Å². The molecule has 60 heavy (non-hydrogen) atoms. The quantitative estimate of drug-likeness (QED) is 0.156. The lowest BCUT2D eigenvalue weighted by molar-refractivity contribution is 1.22. The predicted octanol–water partition coefficient (Wildman–Crippen LogP) is 11.1. The van der Waals surface area contributed by atoms with Crippen LogP contribution in [0.15, 0.2) is 183 Å². The molecule has 0 radical (unpaired) electrons. The summed E-state index contributed by atoms with van der Waals surface area (Å²) in [7, 11) is 0. The Balaban J connectivity index is 0.866. The largest absolute Gasteiger partial charge is 0.338 e. The van der Waals surface area contributed by atoms with Gasteiger partial charge < -0.3 is 9.97 Å². The summed E-state index contributed by atoms with van der Waals surface area (Å²) in [6, 6.07) is 52.6. The fraction of sp³-hybridized carbons (Fsp3) is 0. The van der Waals surface area contributed by atoms with Gasteiger partial charge in [0, 0.05) is 35.9 Å². The minimum Gasteiger partial charge on any atom is -0.338 e. The molecule has 0 atom stereocenters. The first-order chi connectivity index (χ1) is 29.7. The fourth-order valence-electron chi connectivity index (χ4n) is 7.40. The molecule has 282 valence electrons. The molecular weight excluding hydrogens is 741 g/mol.